The summed E-state index contributed by atoms with van der Waals surface area (Å²) in [4.78, 5) is 19.0. The van der Waals surface area contributed by atoms with Crippen molar-refractivity contribution < 1.29 is 35.8 Å². The molecular formula is C20H26FN5O9S2. The Morgan fingerprint density at radius 2 is 1.57 bits per heavy atom. The van der Waals surface area contributed by atoms with E-state index in [4.69, 9.17) is 15.0 Å². The summed E-state index contributed by atoms with van der Waals surface area (Å²) >= 11 is 0. The van der Waals surface area contributed by atoms with Gasteiger partial charge in [0.2, 0.25) is 25.9 Å². The largest absolute Gasteiger partial charge is 0.381 e. The Morgan fingerprint density at radius 1 is 0.973 bits per heavy atom. The average Bonchev–Trinajstić information content (AvgIpc) is 2.82. The van der Waals surface area contributed by atoms with Crippen LogP contribution >= 0.6 is 0 Å². The molecule has 0 unspecified atom stereocenters. The zero-order chi connectivity index (χ0) is 28.0. The van der Waals surface area contributed by atoms with Crippen LogP contribution in [0.4, 0.5) is 21.5 Å². The van der Waals surface area contributed by atoms with Crippen LogP contribution < -0.4 is 15.6 Å². The Labute approximate surface area is 212 Å². The van der Waals surface area contributed by atoms with Crippen molar-refractivity contribution in [3.05, 3.63) is 62.4 Å². The number of anilines is 1. The van der Waals surface area contributed by atoms with E-state index in [0.717, 1.165) is 31.7 Å². The predicted molar refractivity (Wildman–Crippen MR) is 130 cm³/mol. The first kappa shape index (κ1) is 30.0. The van der Waals surface area contributed by atoms with Crippen molar-refractivity contribution >= 4 is 37.1 Å². The van der Waals surface area contributed by atoms with Gasteiger partial charge >= 0.3 is 5.69 Å². The van der Waals surface area contributed by atoms with Gasteiger partial charge in [0, 0.05) is 25.8 Å². The van der Waals surface area contributed by atoms with Crippen LogP contribution in [0.1, 0.15) is 25.7 Å². The quantitative estimate of drug-likeness (QED) is 0.313. The van der Waals surface area contributed by atoms with Gasteiger partial charge in [0.1, 0.15) is 10.6 Å². The molecule has 5 N–H and O–H groups in total. The number of nitrogens with zero attached hydrogens (tertiary/aromatic N) is 2. The summed E-state index contributed by atoms with van der Waals surface area (Å²) in [5.74, 6) is -0.795. The second kappa shape index (κ2) is 12.3. The number of para-hydroxylation sites is 1. The van der Waals surface area contributed by atoms with E-state index in [9.17, 15) is 41.5 Å². The highest BCUT2D eigenvalue weighted by molar-refractivity contribution is 7.89. The first-order chi connectivity index (χ1) is 17.1. The van der Waals surface area contributed by atoms with E-state index in [1.165, 1.54) is 18.2 Å². The van der Waals surface area contributed by atoms with Crippen LogP contribution in [-0.2, 0) is 24.8 Å². The molecule has 17 heteroatoms. The lowest BCUT2D eigenvalue weighted by Crippen LogP contribution is -2.25. The molecule has 37 heavy (non-hydrogen) atoms. The third-order valence-electron chi connectivity index (χ3n) is 5.64. The first-order valence-corrected chi connectivity index (χ1v) is 13.8. The number of hydrogen-bond donors (Lipinski definition) is 3. The summed E-state index contributed by atoms with van der Waals surface area (Å²) in [6.45, 7) is 0.462. The molecule has 0 bridgehead atoms. The molecular weight excluding hydrogens is 537 g/mol. The Bertz CT molecular complexity index is 1360. The van der Waals surface area contributed by atoms with Crippen molar-refractivity contribution in [3.63, 3.8) is 0 Å². The Kier molecular flexibility index (Phi) is 9.99. The second-order valence-electron chi connectivity index (χ2n) is 8.13. The molecule has 1 aliphatic rings. The number of sulfonamides is 2. The normalized spacial score (nSPS) is 17.8. The van der Waals surface area contributed by atoms with E-state index < -0.39 is 46.3 Å². The van der Waals surface area contributed by atoms with Gasteiger partial charge in [0.05, 0.1) is 20.8 Å². The number of nitro groups is 2. The molecule has 0 aliphatic heterocycles. The zero-order valence-corrected chi connectivity index (χ0v) is 21.2. The molecule has 2 aromatic rings. The third-order valence-corrected chi connectivity index (χ3v) is 7.51. The van der Waals surface area contributed by atoms with Gasteiger partial charge < -0.3 is 10.1 Å². The number of nitrogens with two attached hydrogens (primary N) is 2. The SMILES string of the molecule is CO[C@H]1CC[C@H](CNc2c([N+](=O)[O-])cccc2S(N)(=O)=O)CC1.NS(=O)(=O)c1ccc(F)c([N+](=O)[O-])c1. The van der Waals surface area contributed by atoms with Gasteiger partial charge in [-0.2, -0.15) is 4.39 Å². The van der Waals surface area contributed by atoms with Crippen LogP contribution in [0.5, 0.6) is 0 Å². The molecule has 1 fully saturated rings. The maximum absolute atomic E-state index is 12.7. The number of benzene rings is 2. The highest BCUT2D eigenvalue weighted by atomic mass is 32.2. The molecule has 0 saturated heterocycles. The fourth-order valence-electron chi connectivity index (χ4n) is 3.71. The molecule has 2 aromatic carbocycles. The molecule has 14 nitrogen and oxygen atoms in total. The maximum atomic E-state index is 12.7. The van der Waals surface area contributed by atoms with Crippen molar-refractivity contribution in [2.75, 3.05) is 19.0 Å². The molecule has 204 valence electrons. The van der Waals surface area contributed by atoms with Crippen molar-refractivity contribution in [1.82, 2.24) is 0 Å². The summed E-state index contributed by atoms with van der Waals surface area (Å²) in [6.07, 6.45) is 3.98. The average molecular weight is 564 g/mol. The molecule has 0 atom stereocenters. The summed E-state index contributed by atoms with van der Waals surface area (Å²) in [5.41, 5.74) is -1.24. The van der Waals surface area contributed by atoms with Crippen molar-refractivity contribution in [2.45, 2.75) is 41.6 Å². The summed E-state index contributed by atoms with van der Waals surface area (Å²) in [7, 11) is -6.40. The highest BCUT2D eigenvalue weighted by Crippen LogP contribution is 2.32. The first-order valence-electron chi connectivity index (χ1n) is 10.7. The van der Waals surface area contributed by atoms with E-state index in [1.807, 2.05) is 0 Å². The zero-order valence-electron chi connectivity index (χ0n) is 19.6. The number of methoxy groups -OCH3 is 1. The summed E-state index contributed by atoms with van der Waals surface area (Å²) < 4.78 is 62.9. The second-order valence-corrected chi connectivity index (χ2v) is 11.2. The van der Waals surface area contributed by atoms with Gasteiger partial charge in [0.25, 0.3) is 5.69 Å². The van der Waals surface area contributed by atoms with Crippen molar-refractivity contribution in [2.24, 2.45) is 16.2 Å². The van der Waals surface area contributed by atoms with E-state index in [2.05, 4.69) is 5.32 Å². The van der Waals surface area contributed by atoms with Crippen LogP contribution in [0, 0.1) is 32.0 Å². The Hall–Kier alpha value is -3.25. The summed E-state index contributed by atoms with van der Waals surface area (Å²) in [5, 5.41) is 34.2. The fraction of sp³-hybridized carbons (Fsp3) is 0.400. The Morgan fingerprint density at radius 3 is 2.05 bits per heavy atom. The van der Waals surface area contributed by atoms with Gasteiger partial charge in [-0.15, -0.1) is 0 Å². The maximum Gasteiger partial charge on any atom is 0.306 e. The van der Waals surface area contributed by atoms with Gasteiger partial charge in [-0.25, -0.2) is 27.1 Å². The van der Waals surface area contributed by atoms with E-state index in [0.29, 0.717) is 24.6 Å². The Balaban J connectivity index is 0.000000294. The number of ether oxygens (including phenoxy) is 1. The predicted octanol–water partition coefficient (Wildman–Crippen LogP) is 2.24. The van der Waals surface area contributed by atoms with Crippen molar-refractivity contribution in [1.29, 1.82) is 0 Å². The van der Waals surface area contributed by atoms with Gasteiger partial charge in [-0.3, -0.25) is 20.2 Å². The van der Waals surface area contributed by atoms with Gasteiger partial charge in [-0.1, -0.05) is 6.07 Å². The van der Waals surface area contributed by atoms with Crippen LogP contribution in [0.25, 0.3) is 0 Å². The molecule has 3 rings (SSSR count). The number of nitrogens with one attached hydrogen (secondary N) is 1. The van der Waals surface area contributed by atoms with Gasteiger partial charge in [-0.05, 0) is 49.8 Å². The molecule has 0 heterocycles. The lowest BCUT2D eigenvalue weighted by molar-refractivity contribution is -0.387. The standard InChI is InChI=1S/C14H21N3O5S.C6H5FN2O4S/c1-22-11-7-5-10(6-8-11)9-16-14-12(17(18)19)3-2-4-13(14)23(15,20)21;7-5-2-1-4(14(8,12)13)3-6(5)9(10)11/h2-4,10-11,16H,5-9H2,1H3,(H2,15,20,21);1-3H,(H2,8,12,13)/t10-,11-;. The van der Waals surface area contributed by atoms with Gasteiger partial charge in [0.15, 0.2) is 0 Å². The monoisotopic (exact) mass is 563 g/mol. The molecule has 0 aromatic heterocycles. The topological polar surface area (TPSA) is 228 Å². The number of nitro benzene ring substituents is 2. The molecule has 0 spiro atoms. The van der Waals surface area contributed by atoms with Crippen molar-refractivity contribution in [3.8, 4) is 0 Å². The van der Waals surface area contributed by atoms with Crippen LogP contribution in [-0.4, -0.2) is 46.4 Å². The minimum absolute atomic E-state index is 0.0335. The minimum atomic E-state index is -4.05. The minimum Gasteiger partial charge on any atom is -0.381 e. The van der Waals surface area contributed by atoms with E-state index in [-0.39, 0.29) is 22.4 Å². The number of primary sulfonamides is 2. The van der Waals surface area contributed by atoms with Crippen LogP contribution in [0.3, 0.4) is 0 Å². The lowest BCUT2D eigenvalue weighted by Gasteiger charge is -2.28. The van der Waals surface area contributed by atoms with E-state index in [1.54, 1.807) is 7.11 Å². The van der Waals surface area contributed by atoms with E-state index >= 15 is 0 Å². The number of halogens is 1. The smallest absolute Gasteiger partial charge is 0.306 e. The number of hydrogen-bond acceptors (Lipinski definition) is 10. The van der Waals surface area contributed by atoms with Crippen LogP contribution in [0.2, 0.25) is 0 Å². The molecule has 0 amide bonds. The molecule has 1 saturated carbocycles. The van der Waals surface area contributed by atoms with Crippen LogP contribution in [0.15, 0.2) is 46.2 Å². The summed E-state index contributed by atoms with van der Waals surface area (Å²) in [6, 6.07) is 5.96. The molecule has 1 aliphatic carbocycles. The molecule has 0 radical (unpaired) electrons. The lowest BCUT2D eigenvalue weighted by atomic mass is 9.87. The fourth-order valence-corrected chi connectivity index (χ4v) is 4.98. The number of rotatable bonds is 8. The highest BCUT2D eigenvalue weighted by Gasteiger charge is 2.26. The third kappa shape index (κ3) is 8.39.